The van der Waals surface area contributed by atoms with Crippen molar-refractivity contribution in [3.63, 3.8) is 0 Å². The fourth-order valence-electron chi connectivity index (χ4n) is 4.30. The van der Waals surface area contributed by atoms with Crippen molar-refractivity contribution < 1.29 is 14.3 Å². The van der Waals surface area contributed by atoms with Crippen LogP contribution >= 0.6 is 23.2 Å². The Kier molecular flexibility index (Phi) is 9.70. The maximum atomic E-state index is 13.8. The Hall–Kier alpha value is -4.00. The summed E-state index contributed by atoms with van der Waals surface area (Å²) in [4.78, 5) is 27.0. The predicted octanol–water partition coefficient (Wildman–Crippen LogP) is 7.19. The number of amides is 2. The highest BCUT2D eigenvalue weighted by Gasteiger charge is 2.26. The van der Waals surface area contributed by atoms with Gasteiger partial charge in [-0.15, -0.1) is 0 Å². The monoisotopic (exact) mass is 575 g/mol. The second-order valence-electron chi connectivity index (χ2n) is 9.34. The van der Waals surface area contributed by atoms with E-state index < -0.39 is 6.04 Å². The number of hydrazine groups is 1. The number of nitrogens with one attached hydrogen (secondary N) is 2. The summed E-state index contributed by atoms with van der Waals surface area (Å²) in [7, 11) is 1.60. The molecular formula is C32H31Cl2N3O3. The average molecular weight is 577 g/mol. The van der Waals surface area contributed by atoms with Crippen LogP contribution < -0.4 is 15.5 Å². The minimum atomic E-state index is -0.820. The van der Waals surface area contributed by atoms with Gasteiger partial charge < -0.3 is 10.1 Å². The Morgan fingerprint density at radius 2 is 1.65 bits per heavy atom. The Balaban J connectivity index is 1.58. The molecule has 40 heavy (non-hydrogen) atoms. The Labute approximate surface area is 244 Å². The van der Waals surface area contributed by atoms with E-state index in [1.165, 1.54) is 5.01 Å². The number of benzene rings is 4. The van der Waals surface area contributed by atoms with Gasteiger partial charge in [-0.05, 0) is 79.6 Å². The van der Waals surface area contributed by atoms with Crippen LogP contribution in [0.15, 0.2) is 91.0 Å². The molecule has 1 atom stereocenters. The Bertz CT molecular complexity index is 1470. The fraction of sp³-hybridized carbons (Fsp3) is 0.188. The van der Waals surface area contributed by atoms with Crippen LogP contribution in [0.1, 0.15) is 28.4 Å². The molecule has 1 unspecified atom stereocenters. The van der Waals surface area contributed by atoms with Crippen LogP contribution in [0.4, 0.5) is 5.69 Å². The number of carbonyl (C=O) groups is 2. The molecule has 8 heteroatoms. The first-order valence-electron chi connectivity index (χ1n) is 12.9. The van der Waals surface area contributed by atoms with Crippen LogP contribution in [0.5, 0.6) is 5.75 Å². The van der Waals surface area contributed by atoms with E-state index in [0.717, 1.165) is 27.9 Å². The summed E-state index contributed by atoms with van der Waals surface area (Å²) in [6.07, 6.45) is 0.292. The molecule has 0 saturated heterocycles. The molecule has 0 spiro atoms. The summed E-state index contributed by atoms with van der Waals surface area (Å²) >= 11 is 12.6. The molecule has 0 heterocycles. The van der Waals surface area contributed by atoms with Crippen molar-refractivity contribution in [2.45, 2.75) is 26.3 Å². The maximum absolute atomic E-state index is 13.8. The predicted molar refractivity (Wildman–Crippen MR) is 162 cm³/mol. The lowest BCUT2D eigenvalue weighted by molar-refractivity contribution is -0.131. The van der Waals surface area contributed by atoms with Gasteiger partial charge in [-0.2, -0.15) is 0 Å². The van der Waals surface area contributed by atoms with Gasteiger partial charge in [-0.1, -0.05) is 65.2 Å². The summed E-state index contributed by atoms with van der Waals surface area (Å²) in [5.41, 5.74) is 7.94. The molecule has 0 aliphatic carbocycles. The lowest BCUT2D eigenvalue weighted by atomic mass is 9.99. The third-order valence-corrected chi connectivity index (χ3v) is 7.02. The van der Waals surface area contributed by atoms with E-state index in [9.17, 15) is 9.59 Å². The standard InChI is InChI=1S/C32H31Cl2N3O3/c1-4-37(36-26-13-15-27(40-3)16-14-26)32(39)30(35-31(38)24-7-5-6-21(2)18-24)19-22-8-10-23(11-9-22)28-20-25(33)12-17-29(28)34/h5-18,20,30,36H,4,19H2,1-3H3,(H,35,38). The number of likely N-dealkylation sites (N-methyl/N-ethyl adjacent to an activating group) is 1. The Morgan fingerprint density at radius 1 is 0.925 bits per heavy atom. The van der Waals surface area contributed by atoms with Crippen molar-refractivity contribution >= 4 is 40.7 Å². The van der Waals surface area contributed by atoms with Crippen molar-refractivity contribution in [3.05, 3.63) is 118 Å². The number of methoxy groups -OCH3 is 1. The van der Waals surface area contributed by atoms with Gasteiger partial charge in [0.1, 0.15) is 11.8 Å². The molecule has 0 fully saturated rings. The van der Waals surface area contributed by atoms with Gasteiger partial charge in [0.05, 0.1) is 12.8 Å². The summed E-state index contributed by atoms with van der Waals surface area (Å²) < 4.78 is 5.23. The van der Waals surface area contributed by atoms with Crippen LogP contribution in [0.25, 0.3) is 11.1 Å². The van der Waals surface area contributed by atoms with Crippen molar-refractivity contribution in [3.8, 4) is 16.9 Å². The molecule has 0 bridgehead atoms. The van der Waals surface area contributed by atoms with Crippen molar-refractivity contribution in [1.82, 2.24) is 10.3 Å². The molecule has 6 nitrogen and oxygen atoms in total. The van der Waals surface area contributed by atoms with E-state index in [0.29, 0.717) is 34.3 Å². The highest BCUT2D eigenvalue weighted by atomic mass is 35.5. The van der Waals surface area contributed by atoms with Gasteiger partial charge in [0, 0.05) is 34.1 Å². The summed E-state index contributed by atoms with van der Waals surface area (Å²) in [6, 6.07) is 26.8. The summed E-state index contributed by atoms with van der Waals surface area (Å²) in [5, 5.41) is 5.66. The third-order valence-electron chi connectivity index (χ3n) is 6.45. The molecule has 2 amide bonds. The number of rotatable bonds is 10. The maximum Gasteiger partial charge on any atom is 0.263 e. The Morgan fingerprint density at radius 3 is 2.30 bits per heavy atom. The number of carbonyl (C=O) groups excluding carboxylic acids is 2. The molecule has 0 aliphatic heterocycles. The van der Waals surface area contributed by atoms with Gasteiger partial charge in [-0.3, -0.25) is 20.0 Å². The molecule has 4 aromatic rings. The van der Waals surface area contributed by atoms with Crippen LogP contribution in [0, 0.1) is 6.92 Å². The molecule has 0 radical (unpaired) electrons. The minimum absolute atomic E-state index is 0.263. The largest absolute Gasteiger partial charge is 0.497 e. The first-order valence-corrected chi connectivity index (χ1v) is 13.7. The lowest BCUT2D eigenvalue weighted by Gasteiger charge is -2.28. The topological polar surface area (TPSA) is 70.7 Å². The van der Waals surface area contributed by atoms with Crippen molar-refractivity contribution in [1.29, 1.82) is 0 Å². The highest BCUT2D eigenvalue weighted by molar-refractivity contribution is 6.35. The van der Waals surface area contributed by atoms with Gasteiger partial charge in [0.25, 0.3) is 11.8 Å². The minimum Gasteiger partial charge on any atom is -0.497 e. The number of aryl methyl sites for hydroxylation is 1. The number of halogens is 2. The zero-order valence-corrected chi connectivity index (χ0v) is 24.1. The summed E-state index contributed by atoms with van der Waals surface area (Å²) in [6.45, 7) is 4.18. The average Bonchev–Trinajstić information content (AvgIpc) is 2.97. The SMILES string of the molecule is CCN(Nc1ccc(OC)cc1)C(=O)C(Cc1ccc(-c2cc(Cl)ccc2Cl)cc1)NC(=O)c1cccc(C)c1. The molecular weight excluding hydrogens is 545 g/mol. The van der Waals surface area contributed by atoms with Gasteiger partial charge in [0.2, 0.25) is 0 Å². The summed E-state index contributed by atoms with van der Waals surface area (Å²) in [5.74, 6) is 0.136. The van der Waals surface area contributed by atoms with E-state index in [1.54, 1.807) is 31.4 Å². The van der Waals surface area contributed by atoms with E-state index in [4.69, 9.17) is 27.9 Å². The zero-order chi connectivity index (χ0) is 28.6. The number of nitrogens with zero attached hydrogens (tertiary/aromatic N) is 1. The molecule has 0 aromatic heterocycles. The molecule has 0 saturated carbocycles. The van der Waals surface area contributed by atoms with E-state index >= 15 is 0 Å². The smallest absolute Gasteiger partial charge is 0.263 e. The van der Waals surface area contributed by atoms with Crippen LogP contribution in [-0.4, -0.2) is 36.5 Å². The van der Waals surface area contributed by atoms with Crippen LogP contribution in [0.3, 0.4) is 0 Å². The first-order chi connectivity index (χ1) is 19.3. The molecule has 4 rings (SSSR count). The molecule has 206 valence electrons. The van der Waals surface area contributed by atoms with Gasteiger partial charge >= 0.3 is 0 Å². The van der Waals surface area contributed by atoms with Crippen molar-refractivity contribution in [2.24, 2.45) is 0 Å². The lowest BCUT2D eigenvalue weighted by Crippen LogP contribution is -2.51. The second-order valence-corrected chi connectivity index (χ2v) is 10.2. The van der Waals surface area contributed by atoms with E-state index in [1.807, 2.05) is 80.6 Å². The molecule has 4 aromatic carbocycles. The van der Waals surface area contributed by atoms with E-state index in [2.05, 4.69) is 10.7 Å². The molecule has 2 N–H and O–H groups in total. The number of anilines is 1. The van der Waals surface area contributed by atoms with Gasteiger partial charge in [0.15, 0.2) is 0 Å². The second kappa shape index (κ2) is 13.4. The van der Waals surface area contributed by atoms with Crippen molar-refractivity contribution in [2.75, 3.05) is 19.1 Å². The highest BCUT2D eigenvalue weighted by Crippen LogP contribution is 2.31. The zero-order valence-electron chi connectivity index (χ0n) is 22.6. The number of ether oxygens (including phenoxy) is 1. The van der Waals surface area contributed by atoms with Crippen LogP contribution in [0.2, 0.25) is 10.0 Å². The van der Waals surface area contributed by atoms with E-state index in [-0.39, 0.29) is 11.8 Å². The fourth-order valence-corrected chi connectivity index (χ4v) is 4.70. The normalized spacial score (nSPS) is 11.4. The van der Waals surface area contributed by atoms with Crippen LogP contribution in [-0.2, 0) is 11.2 Å². The molecule has 0 aliphatic rings. The number of hydrogen-bond donors (Lipinski definition) is 2. The van der Waals surface area contributed by atoms with Gasteiger partial charge in [-0.25, -0.2) is 0 Å². The first kappa shape index (κ1) is 29.0. The number of hydrogen-bond acceptors (Lipinski definition) is 4. The quantitative estimate of drug-likeness (QED) is 0.196. The third kappa shape index (κ3) is 7.34.